The third-order valence-electron chi connectivity index (χ3n) is 1.74. The van der Waals surface area contributed by atoms with E-state index in [2.05, 4.69) is 10.3 Å². The SMILES string of the molecule is CC(C)OC(=O)CNCCn1ccnc1. The fraction of sp³-hybridized carbons (Fsp3) is 0.600. The number of imidazole rings is 1. The van der Waals surface area contributed by atoms with Gasteiger partial charge in [-0.25, -0.2) is 4.98 Å². The molecule has 1 aromatic rings. The van der Waals surface area contributed by atoms with Crippen molar-refractivity contribution in [2.24, 2.45) is 0 Å². The smallest absolute Gasteiger partial charge is 0.320 e. The summed E-state index contributed by atoms with van der Waals surface area (Å²) in [5.74, 6) is -0.212. The molecule has 0 aliphatic carbocycles. The maximum Gasteiger partial charge on any atom is 0.320 e. The van der Waals surface area contributed by atoms with Crippen LogP contribution < -0.4 is 5.32 Å². The number of nitrogens with zero attached hydrogens (tertiary/aromatic N) is 2. The van der Waals surface area contributed by atoms with Crippen molar-refractivity contribution in [2.75, 3.05) is 13.1 Å². The number of rotatable bonds is 6. The minimum Gasteiger partial charge on any atom is -0.462 e. The number of ether oxygens (including phenoxy) is 1. The Morgan fingerprint density at radius 1 is 1.60 bits per heavy atom. The Morgan fingerprint density at radius 2 is 2.40 bits per heavy atom. The van der Waals surface area contributed by atoms with Crippen molar-refractivity contribution < 1.29 is 9.53 Å². The number of hydrogen-bond donors (Lipinski definition) is 1. The minimum atomic E-state index is -0.212. The van der Waals surface area contributed by atoms with E-state index in [9.17, 15) is 4.79 Å². The third-order valence-corrected chi connectivity index (χ3v) is 1.74. The second-order valence-corrected chi connectivity index (χ2v) is 3.52. The molecule has 5 heteroatoms. The second kappa shape index (κ2) is 6.19. The first kappa shape index (κ1) is 11.7. The Kier molecular flexibility index (Phi) is 4.83. The van der Waals surface area contributed by atoms with Gasteiger partial charge < -0.3 is 14.6 Å². The summed E-state index contributed by atoms with van der Waals surface area (Å²) in [5.41, 5.74) is 0. The van der Waals surface area contributed by atoms with E-state index in [1.165, 1.54) is 0 Å². The van der Waals surface area contributed by atoms with Gasteiger partial charge in [0, 0.05) is 25.5 Å². The van der Waals surface area contributed by atoms with Gasteiger partial charge in [0.25, 0.3) is 0 Å². The molecule has 0 radical (unpaired) electrons. The normalized spacial score (nSPS) is 10.6. The van der Waals surface area contributed by atoms with E-state index < -0.39 is 0 Å². The molecule has 0 aliphatic heterocycles. The predicted molar refractivity (Wildman–Crippen MR) is 56.3 cm³/mol. The molecule has 0 unspecified atom stereocenters. The number of aromatic nitrogens is 2. The summed E-state index contributed by atoms with van der Waals surface area (Å²) in [6, 6.07) is 0. The van der Waals surface area contributed by atoms with Crippen molar-refractivity contribution in [3.8, 4) is 0 Å². The summed E-state index contributed by atoms with van der Waals surface area (Å²) < 4.78 is 6.91. The van der Waals surface area contributed by atoms with E-state index >= 15 is 0 Å². The quantitative estimate of drug-likeness (QED) is 0.547. The average Bonchev–Trinajstić information content (AvgIpc) is 2.63. The molecule has 15 heavy (non-hydrogen) atoms. The van der Waals surface area contributed by atoms with Gasteiger partial charge in [-0.1, -0.05) is 0 Å². The van der Waals surface area contributed by atoms with Crippen LogP contribution in [-0.4, -0.2) is 34.7 Å². The molecule has 0 amide bonds. The van der Waals surface area contributed by atoms with E-state index in [4.69, 9.17) is 4.74 Å². The third kappa shape index (κ3) is 5.17. The Morgan fingerprint density at radius 3 is 3.00 bits per heavy atom. The van der Waals surface area contributed by atoms with Gasteiger partial charge in [0.05, 0.1) is 19.0 Å². The molecular formula is C10H17N3O2. The molecule has 0 aromatic carbocycles. The van der Waals surface area contributed by atoms with Gasteiger partial charge in [-0.3, -0.25) is 4.79 Å². The molecule has 84 valence electrons. The first-order valence-corrected chi connectivity index (χ1v) is 5.04. The Labute approximate surface area is 89.4 Å². The molecular weight excluding hydrogens is 194 g/mol. The highest BCUT2D eigenvalue weighted by molar-refractivity contribution is 5.71. The van der Waals surface area contributed by atoms with Crippen LogP contribution in [0.15, 0.2) is 18.7 Å². The lowest BCUT2D eigenvalue weighted by Crippen LogP contribution is -2.29. The molecule has 1 aromatic heterocycles. The molecule has 5 nitrogen and oxygen atoms in total. The maximum atomic E-state index is 11.1. The monoisotopic (exact) mass is 211 g/mol. The number of nitrogens with one attached hydrogen (secondary N) is 1. The van der Waals surface area contributed by atoms with Crippen molar-refractivity contribution in [1.29, 1.82) is 0 Å². The van der Waals surface area contributed by atoms with E-state index in [1.807, 2.05) is 24.6 Å². The number of hydrogen-bond acceptors (Lipinski definition) is 4. The van der Waals surface area contributed by atoms with E-state index in [0.29, 0.717) is 0 Å². The number of esters is 1. The molecule has 1 heterocycles. The van der Waals surface area contributed by atoms with Crippen LogP contribution in [-0.2, 0) is 16.1 Å². The van der Waals surface area contributed by atoms with Crippen LogP contribution in [0.5, 0.6) is 0 Å². The highest BCUT2D eigenvalue weighted by atomic mass is 16.5. The van der Waals surface area contributed by atoms with Gasteiger partial charge in [0.1, 0.15) is 0 Å². The molecule has 0 saturated carbocycles. The van der Waals surface area contributed by atoms with Crippen LogP contribution in [0, 0.1) is 0 Å². The van der Waals surface area contributed by atoms with Crippen molar-refractivity contribution in [3.63, 3.8) is 0 Å². The molecule has 0 atom stereocenters. The molecule has 0 saturated heterocycles. The fourth-order valence-electron chi connectivity index (χ4n) is 1.12. The zero-order valence-corrected chi connectivity index (χ0v) is 9.14. The topological polar surface area (TPSA) is 56.1 Å². The first-order chi connectivity index (χ1) is 7.18. The lowest BCUT2D eigenvalue weighted by Gasteiger charge is -2.08. The van der Waals surface area contributed by atoms with Gasteiger partial charge in [0.2, 0.25) is 0 Å². The zero-order valence-electron chi connectivity index (χ0n) is 9.14. The average molecular weight is 211 g/mol. The molecule has 0 aliphatic rings. The first-order valence-electron chi connectivity index (χ1n) is 5.04. The van der Waals surface area contributed by atoms with Crippen molar-refractivity contribution in [3.05, 3.63) is 18.7 Å². The minimum absolute atomic E-state index is 0.0482. The standard InChI is InChI=1S/C10H17N3O2/c1-9(2)15-10(14)7-11-3-5-13-6-4-12-8-13/h4,6,8-9,11H,3,5,7H2,1-2H3. The Balaban J connectivity index is 2.04. The summed E-state index contributed by atoms with van der Waals surface area (Å²) in [6.45, 7) is 5.46. The maximum absolute atomic E-state index is 11.1. The van der Waals surface area contributed by atoms with E-state index in [1.54, 1.807) is 12.5 Å². The van der Waals surface area contributed by atoms with Crippen molar-refractivity contribution >= 4 is 5.97 Å². The Bertz CT molecular complexity index is 283. The molecule has 1 N–H and O–H groups in total. The molecule has 1 rings (SSSR count). The van der Waals surface area contributed by atoms with Gasteiger partial charge in [-0.05, 0) is 13.8 Å². The molecule has 0 bridgehead atoms. The summed E-state index contributed by atoms with van der Waals surface area (Å²) >= 11 is 0. The van der Waals surface area contributed by atoms with E-state index in [0.717, 1.165) is 13.1 Å². The van der Waals surface area contributed by atoms with Crippen molar-refractivity contribution in [1.82, 2.24) is 14.9 Å². The summed E-state index contributed by atoms with van der Waals surface area (Å²) in [4.78, 5) is 15.0. The van der Waals surface area contributed by atoms with Crippen LogP contribution in [0.3, 0.4) is 0 Å². The largest absolute Gasteiger partial charge is 0.462 e. The van der Waals surface area contributed by atoms with Gasteiger partial charge >= 0.3 is 5.97 Å². The lowest BCUT2D eigenvalue weighted by molar-refractivity contribution is -0.146. The van der Waals surface area contributed by atoms with Gasteiger partial charge in [-0.2, -0.15) is 0 Å². The summed E-state index contributed by atoms with van der Waals surface area (Å²) in [6.07, 6.45) is 5.31. The highest BCUT2D eigenvalue weighted by Crippen LogP contribution is 1.88. The van der Waals surface area contributed by atoms with Gasteiger partial charge in [-0.15, -0.1) is 0 Å². The Hall–Kier alpha value is -1.36. The van der Waals surface area contributed by atoms with E-state index in [-0.39, 0.29) is 18.6 Å². The lowest BCUT2D eigenvalue weighted by atomic mass is 10.5. The number of carbonyl (C=O) groups is 1. The molecule has 0 spiro atoms. The fourth-order valence-corrected chi connectivity index (χ4v) is 1.12. The second-order valence-electron chi connectivity index (χ2n) is 3.52. The zero-order chi connectivity index (χ0) is 11.1. The number of carbonyl (C=O) groups excluding carboxylic acids is 1. The van der Waals surface area contributed by atoms with Crippen LogP contribution in [0.4, 0.5) is 0 Å². The summed E-state index contributed by atoms with van der Waals surface area (Å²) in [7, 11) is 0. The van der Waals surface area contributed by atoms with Crippen LogP contribution >= 0.6 is 0 Å². The van der Waals surface area contributed by atoms with Crippen molar-refractivity contribution in [2.45, 2.75) is 26.5 Å². The van der Waals surface area contributed by atoms with Crippen LogP contribution in [0.25, 0.3) is 0 Å². The van der Waals surface area contributed by atoms with Gasteiger partial charge in [0.15, 0.2) is 0 Å². The van der Waals surface area contributed by atoms with Crippen LogP contribution in [0.2, 0.25) is 0 Å². The molecule has 0 fully saturated rings. The van der Waals surface area contributed by atoms with Crippen LogP contribution in [0.1, 0.15) is 13.8 Å². The summed E-state index contributed by atoms with van der Waals surface area (Å²) in [5, 5.41) is 3.01. The highest BCUT2D eigenvalue weighted by Gasteiger charge is 2.03. The predicted octanol–water partition coefficient (Wildman–Crippen LogP) is 0.424.